The van der Waals surface area contributed by atoms with E-state index in [1.165, 1.54) is 32.2 Å². The fourth-order valence-corrected chi connectivity index (χ4v) is 2.87. The van der Waals surface area contributed by atoms with Gasteiger partial charge in [0.05, 0.1) is 11.7 Å². The fraction of sp³-hybridized carbons (Fsp3) is 0.364. The Balaban J connectivity index is 3.25. The molecule has 0 spiro atoms. The highest BCUT2D eigenvalue weighted by Gasteiger charge is 2.24. The first kappa shape index (κ1) is 14.4. The number of nitriles is 1. The first-order valence-electron chi connectivity index (χ1n) is 5.23. The normalized spacial score (nSPS) is 13.3. The van der Waals surface area contributed by atoms with Crippen LogP contribution >= 0.6 is 0 Å². The van der Waals surface area contributed by atoms with Crippen LogP contribution in [-0.4, -0.2) is 37.5 Å². The number of likely N-dealkylation sites (N-methyl/N-ethyl adjacent to an activating group) is 1. The van der Waals surface area contributed by atoms with E-state index in [4.69, 9.17) is 11.0 Å². The number of nitrogens with two attached hydrogens (primary N) is 1. The lowest BCUT2D eigenvalue weighted by molar-refractivity contribution is 0.171. The zero-order valence-corrected chi connectivity index (χ0v) is 11.0. The third kappa shape index (κ3) is 2.98. The van der Waals surface area contributed by atoms with Gasteiger partial charge in [0.25, 0.3) is 0 Å². The van der Waals surface area contributed by atoms with Gasteiger partial charge in [-0.3, -0.25) is 0 Å². The van der Waals surface area contributed by atoms with E-state index in [0.717, 1.165) is 4.31 Å². The van der Waals surface area contributed by atoms with Crippen molar-refractivity contribution in [1.82, 2.24) is 4.31 Å². The van der Waals surface area contributed by atoms with E-state index in [1.54, 1.807) is 6.07 Å². The first-order chi connectivity index (χ1) is 8.28. The first-order valence-corrected chi connectivity index (χ1v) is 6.67. The van der Waals surface area contributed by atoms with Crippen LogP contribution in [0.15, 0.2) is 23.1 Å². The molecule has 7 heteroatoms. The Hall–Kier alpha value is -1.62. The van der Waals surface area contributed by atoms with Crippen molar-refractivity contribution in [1.29, 1.82) is 5.26 Å². The second-order valence-electron chi connectivity index (χ2n) is 4.00. The molecule has 3 N–H and O–H groups in total. The molecule has 0 bridgehead atoms. The molecule has 1 aromatic carbocycles. The van der Waals surface area contributed by atoms with Crippen molar-refractivity contribution >= 4 is 15.7 Å². The highest BCUT2D eigenvalue weighted by molar-refractivity contribution is 7.89. The molecular weight excluding hydrogens is 254 g/mol. The van der Waals surface area contributed by atoms with Crippen LogP contribution in [-0.2, 0) is 10.0 Å². The van der Waals surface area contributed by atoms with Gasteiger partial charge in [-0.1, -0.05) is 0 Å². The molecular formula is C11H15N3O3S. The van der Waals surface area contributed by atoms with Gasteiger partial charge in [-0.15, -0.1) is 0 Å². The molecule has 18 heavy (non-hydrogen) atoms. The second-order valence-corrected chi connectivity index (χ2v) is 6.02. The Morgan fingerprint density at radius 2 is 2.17 bits per heavy atom. The number of aliphatic hydroxyl groups is 1. The van der Waals surface area contributed by atoms with E-state index < -0.39 is 16.1 Å². The second kappa shape index (κ2) is 5.35. The molecule has 0 saturated heterocycles. The van der Waals surface area contributed by atoms with Gasteiger partial charge in [0, 0.05) is 19.3 Å². The molecule has 98 valence electrons. The summed E-state index contributed by atoms with van der Waals surface area (Å²) < 4.78 is 25.4. The molecule has 1 aromatic rings. The minimum atomic E-state index is -3.80. The van der Waals surface area contributed by atoms with E-state index in [1.807, 2.05) is 0 Å². The fourth-order valence-electron chi connectivity index (χ4n) is 1.50. The standard InChI is InChI=1S/C11H15N3O3S/c1-8(15)7-14(2)18(16,17)11-4-3-10(13)5-9(11)6-12/h3-5,8,15H,7,13H2,1-2H3. The number of hydrogen-bond donors (Lipinski definition) is 2. The highest BCUT2D eigenvalue weighted by Crippen LogP contribution is 2.21. The van der Waals surface area contributed by atoms with Gasteiger partial charge in [0.2, 0.25) is 10.0 Å². The average Bonchev–Trinajstić information content (AvgIpc) is 2.27. The molecule has 0 aromatic heterocycles. The van der Waals surface area contributed by atoms with Crippen LogP contribution in [0.25, 0.3) is 0 Å². The summed E-state index contributed by atoms with van der Waals surface area (Å²) in [6, 6.07) is 5.82. The maximum Gasteiger partial charge on any atom is 0.244 e. The number of rotatable bonds is 4. The van der Waals surface area contributed by atoms with Gasteiger partial charge in [-0.2, -0.15) is 9.57 Å². The quantitative estimate of drug-likeness (QED) is 0.756. The summed E-state index contributed by atoms with van der Waals surface area (Å²) in [4.78, 5) is -0.109. The molecule has 1 unspecified atom stereocenters. The number of nitrogen functional groups attached to an aromatic ring is 1. The van der Waals surface area contributed by atoms with Crippen molar-refractivity contribution in [2.24, 2.45) is 0 Å². The van der Waals surface area contributed by atoms with Crippen LogP contribution < -0.4 is 5.73 Å². The smallest absolute Gasteiger partial charge is 0.244 e. The van der Waals surface area contributed by atoms with Gasteiger partial charge in [-0.05, 0) is 25.1 Å². The van der Waals surface area contributed by atoms with Gasteiger partial charge >= 0.3 is 0 Å². The van der Waals surface area contributed by atoms with E-state index in [-0.39, 0.29) is 17.0 Å². The molecule has 0 saturated carbocycles. The molecule has 6 nitrogen and oxygen atoms in total. The van der Waals surface area contributed by atoms with Crippen LogP contribution in [0.1, 0.15) is 12.5 Å². The average molecular weight is 269 g/mol. The van der Waals surface area contributed by atoms with E-state index in [0.29, 0.717) is 5.69 Å². The predicted octanol–water partition coefficient (Wildman–Crippen LogP) is 0.142. The molecule has 0 amide bonds. The zero-order chi connectivity index (χ0) is 13.9. The van der Waals surface area contributed by atoms with Gasteiger partial charge < -0.3 is 10.8 Å². The Bertz CT molecular complexity index is 576. The predicted molar refractivity (Wildman–Crippen MR) is 67.1 cm³/mol. The lowest BCUT2D eigenvalue weighted by Crippen LogP contribution is -2.33. The Kier molecular flexibility index (Phi) is 4.29. The maximum absolute atomic E-state index is 12.2. The van der Waals surface area contributed by atoms with Crippen molar-refractivity contribution < 1.29 is 13.5 Å². The Morgan fingerprint density at radius 1 is 1.56 bits per heavy atom. The molecule has 0 aliphatic heterocycles. The number of hydrogen-bond acceptors (Lipinski definition) is 5. The number of anilines is 1. The molecule has 0 radical (unpaired) electrons. The summed E-state index contributed by atoms with van der Waals surface area (Å²) in [5.74, 6) is 0. The minimum Gasteiger partial charge on any atom is -0.399 e. The third-order valence-corrected chi connectivity index (χ3v) is 4.22. The molecule has 1 atom stereocenters. The lowest BCUT2D eigenvalue weighted by atomic mass is 10.2. The third-order valence-electron chi connectivity index (χ3n) is 2.33. The highest BCUT2D eigenvalue weighted by atomic mass is 32.2. The summed E-state index contributed by atoms with van der Waals surface area (Å²) in [5, 5.41) is 18.1. The van der Waals surface area contributed by atoms with E-state index in [2.05, 4.69) is 0 Å². The molecule has 0 fully saturated rings. The minimum absolute atomic E-state index is 0.00700. The maximum atomic E-state index is 12.2. The van der Waals surface area contributed by atoms with Crippen molar-refractivity contribution in [2.45, 2.75) is 17.9 Å². The summed E-state index contributed by atoms with van der Waals surface area (Å²) in [7, 11) is -2.45. The lowest BCUT2D eigenvalue weighted by Gasteiger charge is -2.19. The van der Waals surface area contributed by atoms with Crippen LogP contribution in [0.3, 0.4) is 0 Å². The summed E-state index contributed by atoms with van der Waals surface area (Å²) in [6.07, 6.45) is -0.788. The van der Waals surface area contributed by atoms with Crippen LogP contribution in [0.4, 0.5) is 5.69 Å². The number of aliphatic hydroxyl groups excluding tert-OH is 1. The van der Waals surface area contributed by atoms with Crippen LogP contribution in [0.5, 0.6) is 0 Å². The van der Waals surface area contributed by atoms with Crippen molar-refractivity contribution in [3.63, 3.8) is 0 Å². The summed E-state index contributed by atoms with van der Waals surface area (Å²) in [5.41, 5.74) is 5.82. The van der Waals surface area contributed by atoms with Crippen LogP contribution in [0, 0.1) is 11.3 Å². The van der Waals surface area contributed by atoms with Crippen molar-refractivity contribution in [3.05, 3.63) is 23.8 Å². The monoisotopic (exact) mass is 269 g/mol. The van der Waals surface area contributed by atoms with Gasteiger partial charge in [0.1, 0.15) is 11.0 Å². The number of benzene rings is 1. The van der Waals surface area contributed by atoms with E-state index >= 15 is 0 Å². The van der Waals surface area contributed by atoms with Crippen LogP contribution in [0.2, 0.25) is 0 Å². The molecule has 0 aliphatic rings. The largest absolute Gasteiger partial charge is 0.399 e. The summed E-state index contributed by atoms with van der Waals surface area (Å²) in [6.45, 7) is 1.44. The topological polar surface area (TPSA) is 107 Å². The Labute approximate surface area is 106 Å². The van der Waals surface area contributed by atoms with Gasteiger partial charge in [0.15, 0.2) is 0 Å². The Morgan fingerprint density at radius 3 is 2.67 bits per heavy atom. The summed E-state index contributed by atoms with van der Waals surface area (Å²) >= 11 is 0. The van der Waals surface area contributed by atoms with Gasteiger partial charge in [-0.25, -0.2) is 8.42 Å². The number of sulfonamides is 1. The van der Waals surface area contributed by atoms with E-state index in [9.17, 15) is 13.5 Å². The molecule has 1 rings (SSSR count). The SMILES string of the molecule is CC(O)CN(C)S(=O)(=O)c1ccc(N)cc1C#N. The van der Waals surface area contributed by atoms with Crippen molar-refractivity contribution in [3.8, 4) is 6.07 Å². The van der Waals surface area contributed by atoms with Crippen molar-refractivity contribution in [2.75, 3.05) is 19.3 Å². The molecule has 0 heterocycles. The molecule has 0 aliphatic carbocycles. The number of nitrogens with zero attached hydrogens (tertiary/aromatic N) is 2. The zero-order valence-electron chi connectivity index (χ0n) is 10.2.